The zero-order valence-electron chi connectivity index (χ0n) is 11.8. The third-order valence-electron chi connectivity index (χ3n) is 3.65. The van der Waals surface area contributed by atoms with Gasteiger partial charge in [-0.15, -0.1) is 11.3 Å². The monoisotopic (exact) mass is 267 g/mol. The fourth-order valence-electron chi connectivity index (χ4n) is 2.44. The highest BCUT2D eigenvalue weighted by molar-refractivity contribution is 7.15. The minimum atomic E-state index is 0.883. The second kappa shape index (κ2) is 6.53. The van der Waals surface area contributed by atoms with Crippen LogP contribution in [0.15, 0.2) is 0 Å². The fourth-order valence-corrected chi connectivity index (χ4v) is 3.61. The van der Waals surface area contributed by atoms with Gasteiger partial charge in [0.15, 0.2) is 5.13 Å². The highest BCUT2D eigenvalue weighted by Crippen LogP contribution is 2.30. The first-order valence-electron chi connectivity index (χ1n) is 7.12. The molecule has 4 heteroatoms. The van der Waals surface area contributed by atoms with E-state index in [0.29, 0.717) is 0 Å². The molecule has 2 rings (SSSR count). The van der Waals surface area contributed by atoms with Crippen LogP contribution >= 0.6 is 11.3 Å². The third-order valence-corrected chi connectivity index (χ3v) is 4.80. The Hall–Kier alpha value is -0.610. The van der Waals surface area contributed by atoms with Gasteiger partial charge in [0.2, 0.25) is 0 Å². The van der Waals surface area contributed by atoms with Gasteiger partial charge in [0, 0.05) is 24.5 Å². The summed E-state index contributed by atoms with van der Waals surface area (Å²) >= 11 is 1.88. The predicted molar refractivity (Wildman–Crippen MR) is 79.5 cm³/mol. The highest BCUT2D eigenvalue weighted by Gasteiger charge is 2.20. The van der Waals surface area contributed by atoms with Crippen LogP contribution < -0.4 is 10.2 Å². The average molecular weight is 267 g/mol. The molecule has 0 radical (unpaired) electrons. The Balaban J connectivity index is 2.10. The smallest absolute Gasteiger partial charge is 0.185 e. The number of piperidine rings is 1. The molecule has 0 spiro atoms. The summed E-state index contributed by atoms with van der Waals surface area (Å²) in [5.74, 6) is 0.883. The first-order valence-corrected chi connectivity index (χ1v) is 7.94. The molecule has 0 saturated carbocycles. The molecule has 1 aliphatic rings. The molecule has 1 fully saturated rings. The Morgan fingerprint density at radius 3 is 2.72 bits per heavy atom. The van der Waals surface area contributed by atoms with Crippen molar-refractivity contribution in [3.8, 4) is 0 Å². The predicted octanol–water partition coefficient (Wildman–Crippen LogP) is 3.05. The van der Waals surface area contributed by atoms with Gasteiger partial charge in [-0.2, -0.15) is 0 Å². The van der Waals surface area contributed by atoms with Crippen LogP contribution in [0.4, 0.5) is 5.13 Å². The van der Waals surface area contributed by atoms with Gasteiger partial charge < -0.3 is 10.2 Å². The van der Waals surface area contributed by atoms with Crippen molar-refractivity contribution in [1.82, 2.24) is 10.3 Å². The lowest BCUT2D eigenvalue weighted by Gasteiger charge is -2.29. The Morgan fingerprint density at radius 2 is 2.11 bits per heavy atom. The van der Waals surface area contributed by atoms with Gasteiger partial charge in [-0.25, -0.2) is 4.98 Å². The molecule has 18 heavy (non-hydrogen) atoms. The molecule has 0 aromatic carbocycles. The normalized spacial score (nSPS) is 17.4. The summed E-state index contributed by atoms with van der Waals surface area (Å²) in [5, 5.41) is 4.50. The van der Waals surface area contributed by atoms with Gasteiger partial charge in [-0.1, -0.05) is 20.3 Å². The van der Waals surface area contributed by atoms with Crippen LogP contribution in [0.25, 0.3) is 0 Å². The summed E-state index contributed by atoms with van der Waals surface area (Å²) < 4.78 is 0. The van der Waals surface area contributed by atoms with Crippen molar-refractivity contribution in [3.05, 3.63) is 10.6 Å². The van der Waals surface area contributed by atoms with Crippen molar-refractivity contribution in [3.63, 3.8) is 0 Å². The van der Waals surface area contributed by atoms with Crippen LogP contribution in [0.2, 0.25) is 0 Å². The molecule has 0 aliphatic carbocycles. The average Bonchev–Trinajstić information content (AvgIpc) is 2.75. The summed E-state index contributed by atoms with van der Waals surface area (Å²) in [6.07, 6.45) is 4.91. The molecule has 1 aliphatic heterocycles. The van der Waals surface area contributed by atoms with E-state index in [1.54, 1.807) is 0 Å². The molecule has 2 heterocycles. The van der Waals surface area contributed by atoms with Crippen LogP contribution in [0.5, 0.6) is 0 Å². The second-order valence-corrected chi connectivity index (χ2v) is 6.38. The summed E-state index contributed by atoms with van der Waals surface area (Å²) in [6.45, 7) is 7.90. The minimum absolute atomic E-state index is 0.883. The van der Waals surface area contributed by atoms with E-state index in [-0.39, 0.29) is 0 Å². The molecule has 3 nitrogen and oxygen atoms in total. The quantitative estimate of drug-likeness (QED) is 0.889. The van der Waals surface area contributed by atoms with E-state index in [1.165, 1.54) is 48.1 Å². The van der Waals surface area contributed by atoms with Crippen LogP contribution in [0.1, 0.15) is 43.7 Å². The van der Waals surface area contributed by atoms with Crippen LogP contribution in [-0.2, 0) is 13.0 Å². The first kappa shape index (κ1) is 13.8. The van der Waals surface area contributed by atoms with Gasteiger partial charge >= 0.3 is 0 Å². The molecule has 0 bridgehead atoms. The summed E-state index contributed by atoms with van der Waals surface area (Å²) in [5.41, 5.74) is 1.31. The van der Waals surface area contributed by atoms with E-state index in [0.717, 1.165) is 18.9 Å². The first-order chi connectivity index (χ1) is 8.74. The van der Waals surface area contributed by atoms with Gasteiger partial charge in [0.05, 0.1) is 5.69 Å². The van der Waals surface area contributed by atoms with Crippen LogP contribution in [-0.4, -0.2) is 25.1 Å². The molecule has 1 saturated heterocycles. The molecular formula is C14H25N3S. The highest BCUT2D eigenvalue weighted by atomic mass is 32.1. The maximum Gasteiger partial charge on any atom is 0.185 e. The van der Waals surface area contributed by atoms with Crippen molar-refractivity contribution in [2.45, 2.75) is 46.1 Å². The third kappa shape index (κ3) is 3.23. The number of anilines is 1. The molecule has 0 unspecified atom stereocenters. The lowest BCUT2D eigenvalue weighted by molar-refractivity contribution is 0.438. The maximum absolute atomic E-state index is 4.87. The van der Waals surface area contributed by atoms with E-state index in [2.05, 4.69) is 24.1 Å². The SMILES string of the molecule is CCCc1nc(N2CCC(C)CC2)sc1CNC. The van der Waals surface area contributed by atoms with Crippen molar-refractivity contribution < 1.29 is 0 Å². The van der Waals surface area contributed by atoms with Crippen molar-refractivity contribution in [1.29, 1.82) is 0 Å². The Kier molecular flexibility index (Phi) is 5.01. The number of nitrogens with one attached hydrogen (secondary N) is 1. The van der Waals surface area contributed by atoms with Crippen molar-refractivity contribution >= 4 is 16.5 Å². The Labute approximate surface area is 115 Å². The zero-order valence-corrected chi connectivity index (χ0v) is 12.6. The molecule has 0 amide bonds. The lowest BCUT2D eigenvalue weighted by atomic mass is 10.00. The Bertz CT molecular complexity index is 344. The van der Waals surface area contributed by atoms with Gasteiger partial charge in [-0.3, -0.25) is 0 Å². The topological polar surface area (TPSA) is 28.2 Å². The zero-order chi connectivity index (χ0) is 13.0. The van der Waals surface area contributed by atoms with E-state index in [4.69, 9.17) is 4.98 Å². The number of hydrogen-bond donors (Lipinski definition) is 1. The van der Waals surface area contributed by atoms with E-state index in [9.17, 15) is 0 Å². The fraction of sp³-hybridized carbons (Fsp3) is 0.786. The molecule has 1 aromatic rings. The van der Waals surface area contributed by atoms with E-state index >= 15 is 0 Å². The van der Waals surface area contributed by atoms with Crippen molar-refractivity contribution in [2.24, 2.45) is 5.92 Å². The largest absolute Gasteiger partial charge is 0.348 e. The lowest BCUT2D eigenvalue weighted by Crippen LogP contribution is -2.32. The number of hydrogen-bond acceptors (Lipinski definition) is 4. The Morgan fingerprint density at radius 1 is 1.39 bits per heavy atom. The van der Waals surface area contributed by atoms with Crippen LogP contribution in [0.3, 0.4) is 0 Å². The second-order valence-electron chi connectivity index (χ2n) is 5.32. The summed E-state index contributed by atoms with van der Waals surface area (Å²) in [6, 6.07) is 0. The van der Waals surface area contributed by atoms with E-state index in [1.807, 2.05) is 18.4 Å². The van der Waals surface area contributed by atoms with Gasteiger partial charge in [0.1, 0.15) is 0 Å². The minimum Gasteiger partial charge on any atom is -0.348 e. The molecule has 1 aromatic heterocycles. The molecule has 102 valence electrons. The molecular weight excluding hydrogens is 242 g/mol. The van der Waals surface area contributed by atoms with Gasteiger partial charge in [-0.05, 0) is 32.2 Å². The van der Waals surface area contributed by atoms with Gasteiger partial charge in [0.25, 0.3) is 0 Å². The molecule has 0 atom stereocenters. The maximum atomic E-state index is 4.87. The summed E-state index contributed by atoms with van der Waals surface area (Å²) in [7, 11) is 2.01. The van der Waals surface area contributed by atoms with Crippen molar-refractivity contribution in [2.75, 3.05) is 25.0 Å². The van der Waals surface area contributed by atoms with Crippen LogP contribution in [0, 0.1) is 5.92 Å². The number of rotatable bonds is 5. The number of nitrogens with zero attached hydrogens (tertiary/aromatic N) is 2. The number of aromatic nitrogens is 1. The number of thiazole rings is 1. The molecule has 1 N–H and O–H groups in total. The standard InChI is InChI=1S/C14H25N3S/c1-4-5-12-13(10-15-3)18-14(16-12)17-8-6-11(2)7-9-17/h11,15H,4-10H2,1-3H3. The van der Waals surface area contributed by atoms with E-state index < -0.39 is 0 Å². The number of aryl methyl sites for hydroxylation is 1. The summed E-state index contributed by atoms with van der Waals surface area (Å²) in [4.78, 5) is 8.77.